The summed E-state index contributed by atoms with van der Waals surface area (Å²) in [6, 6.07) is 16.6. The van der Waals surface area contributed by atoms with Crippen LogP contribution in [0.2, 0.25) is 0 Å². The van der Waals surface area contributed by atoms with E-state index in [-0.39, 0.29) is 6.04 Å². The van der Waals surface area contributed by atoms with Gasteiger partial charge < -0.3 is 9.88 Å². The summed E-state index contributed by atoms with van der Waals surface area (Å²) in [6.07, 6.45) is 1.87. The van der Waals surface area contributed by atoms with Crippen molar-refractivity contribution in [1.82, 2.24) is 9.88 Å². The van der Waals surface area contributed by atoms with Gasteiger partial charge in [-0.25, -0.2) is 0 Å². The maximum Gasteiger partial charge on any atom is 0.138 e. The van der Waals surface area contributed by atoms with Gasteiger partial charge in [0, 0.05) is 43.8 Å². The Balaban J connectivity index is 1.65. The van der Waals surface area contributed by atoms with Crippen molar-refractivity contribution in [2.75, 3.05) is 31.1 Å². The second-order valence-electron chi connectivity index (χ2n) is 5.02. The van der Waals surface area contributed by atoms with Gasteiger partial charge >= 0.3 is 0 Å². The molecule has 3 rings (SSSR count). The van der Waals surface area contributed by atoms with E-state index in [1.165, 1.54) is 5.69 Å². The number of aromatic amines is 1. The van der Waals surface area contributed by atoms with Gasteiger partial charge in [-0.3, -0.25) is 4.90 Å². The molecule has 1 aromatic heterocycles. The Hall–Kier alpha value is -2.25. The number of nitriles is 1. The molecular formula is C16H18N4. The Morgan fingerprint density at radius 3 is 2.35 bits per heavy atom. The Morgan fingerprint density at radius 2 is 1.75 bits per heavy atom. The average molecular weight is 266 g/mol. The molecule has 0 aliphatic carbocycles. The highest BCUT2D eigenvalue weighted by molar-refractivity contribution is 5.46. The van der Waals surface area contributed by atoms with Crippen molar-refractivity contribution in [3.05, 3.63) is 54.4 Å². The molecule has 1 atom stereocenters. The van der Waals surface area contributed by atoms with Crippen LogP contribution in [0.3, 0.4) is 0 Å². The predicted molar refractivity (Wildman–Crippen MR) is 79.4 cm³/mol. The number of para-hydroxylation sites is 1. The summed E-state index contributed by atoms with van der Waals surface area (Å²) in [5.74, 6) is 0. The highest BCUT2D eigenvalue weighted by Gasteiger charge is 2.25. The molecule has 1 fully saturated rings. The summed E-state index contributed by atoms with van der Waals surface area (Å²) in [4.78, 5) is 7.77. The van der Waals surface area contributed by atoms with Crippen LogP contribution in [0, 0.1) is 11.3 Å². The van der Waals surface area contributed by atoms with Gasteiger partial charge in [0.1, 0.15) is 6.04 Å². The Morgan fingerprint density at radius 1 is 1.00 bits per heavy atom. The van der Waals surface area contributed by atoms with Gasteiger partial charge in [-0.05, 0) is 24.3 Å². The Kier molecular flexibility index (Phi) is 3.71. The molecule has 1 unspecified atom stereocenters. The molecule has 1 saturated heterocycles. The minimum absolute atomic E-state index is 0.164. The number of nitrogens with zero attached hydrogens (tertiary/aromatic N) is 3. The highest BCUT2D eigenvalue weighted by atomic mass is 15.3. The molecule has 20 heavy (non-hydrogen) atoms. The first kappa shape index (κ1) is 12.8. The van der Waals surface area contributed by atoms with Crippen molar-refractivity contribution < 1.29 is 0 Å². The molecule has 1 N–H and O–H groups in total. The summed E-state index contributed by atoms with van der Waals surface area (Å²) < 4.78 is 0. The first-order chi connectivity index (χ1) is 9.88. The lowest BCUT2D eigenvalue weighted by atomic mass is 10.1. The second-order valence-corrected chi connectivity index (χ2v) is 5.02. The smallest absolute Gasteiger partial charge is 0.138 e. The first-order valence-corrected chi connectivity index (χ1v) is 6.95. The molecule has 1 aromatic carbocycles. The lowest BCUT2D eigenvalue weighted by Crippen LogP contribution is -2.47. The topological polar surface area (TPSA) is 46.1 Å². The summed E-state index contributed by atoms with van der Waals surface area (Å²) in [7, 11) is 0. The highest BCUT2D eigenvalue weighted by Crippen LogP contribution is 2.22. The van der Waals surface area contributed by atoms with Crippen LogP contribution in [-0.4, -0.2) is 36.1 Å². The van der Waals surface area contributed by atoms with E-state index in [0.29, 0.717) is 0 Å². The third kappa shape index (κ3) is 2.54. The van der Waals surface area contributed by atoms with E-state index in [4.69, 9.17) is 0 Å². The van der Waals surface area contributed by atoms with E-state index in [1.54, 1.807) is 0 Å². The third-order valence-electron chi connectivity index (χ3n) is 3.84. The van der Waals surface area contributed by atoms with Crippen LogP contribution >= 0.6 is 0 Å². The fourth-order valence-electron chi connectivity index (χ4n) is 2.74. The summed E-state index contributed by atoms with van der Waals surface area (Å²) >= 11 is 0. The number of hydrogen-bond acceptors (Lipinski definition) is 3. The average Bonchev–Trinajstić information content (AvgIpc) is 3.04. The SMILES string of the molecule is N#CC(c1ccc[nH]1)N1CCN(c2ccccc2)CC1. The molecule has 102 valence electrons. The van der Waals surface area contributed by atoms with E-state index in [0.717, 1.165) is 31.9 Å². The molecule has 2 aromatic rings. The molecule has 2 heterocycles. The van der Waals surface area contributed by atoms with E-state index in [9.17, 15) is 5.26 Å². The molecule has 0 amide bonds. The van der Waals surface area contributed by atoms with E-state index in [2.05, 4.69) is 45.1 Å². The zero-order valence-electron chi connectivity index (χ0n) is 11.4. The lowest BCUT2D eigenvalue weighted by Gasteiger charge is -2.37. The second kappa shape index (κ2) is 5.81. The van der Waals surface area contributed by atoms with Gasteiger partial charge in [-0.1, -0.05) is 18.2 Å². The number of piperazine rings is 1. The normalized spacial score (nSPS) is 17.6. The van der Waals surface area contributed by atoms with Crippen molar-refractivity contribution in [3.8, 4) is 6.07 Å². The van der Waals surface area contributed by atoms with Crippen molar-refractivity contribution in [1.29, 1.82) is 5.26 Å². The molecule has 0 saturated carbocycles. The van der Waals surface area contributed by atoms with Crippen LogP contribution in [0.1, 0.15) is 11.7 Å². The van der Waals surface area contributed by atoms with Gasteiger partial charge in [0.05, 0.1) is 6.07 Å². The molecular weight excluding hydrogens is 248 g/mol. The van der Waals surface area contributed by atoms with Gasteiger partial charge in [-0.2, -0.15) is 5.26 Å². The van der Waals surface area contributed by atoms with E-state index < -0.39 is 0 Å². The maximum absolute atomic E-state index is 9.41. The quantitative estimate of drug-likeness (QED) is 0.928. The Bertz CT molecular complexity index is 562. The fourth-order valence-corrected chi connectivity index (χ4v) is 2.74. The number of nitrogens with one attached hydrogen (secondary N) is 1. The maximum atomic E-state index is 9.41. The van der Waals surface area contributed by atoms with Gasteiger partial charge in [0.15, 0.2) is 0 Å². The molecule has 0 radical (unpaired) electrons. The zero-order valence-corrected chi connectivity index (χ0v) is 11.4. The monoisotopic (exact) mass is 266 g/mol. The van der Waals surface area contributed by atoms with Gasteiger partial charge in [-0.15, -0.1) is 0 Å². The number of rotatable bonds is 3. The lowest BCUT2D eigenvalue weighted by molar-refractivity contribution is 0.219. The number of hydrogen-bond donors (Lipinski definition) is 1. The van der Waals surface area contributed by atoms with Crippen molar-refractivity contribution in [2.24, 2.45) is 0 Å². The van der Waals surface area contributed by atoms with Crippen molar-refractivity contribution in [2.45, 2.75) is 6.04 Å². The zero-order chi connectivity index (χ0) is 13.8. The Labute approximate surface area is 119 Å². The molecule has 0 bridgehead atoms. The summed E-state index contributed by atoms with van der Waals surface area (Å²) in [5.41, 5.74) is 2.25. The third-order valence-corrected chi connectivity index (χ3v) is 3.84. The van der Waals surface area contributed by atoms with Crippen LogP contribution < -0.4 is 4.90 Å². The van der Waals surface area contributed by atoms with E-state index >= 15 is 0 Å². The number of aromatic nitrogens is 1. The van der Waals surface area contributed by atoms with Gasteiger partial charge in [0.2, 0.25) is 0 Å². The summed E-state index contributed by atoms with van der Waals surface area (Å²) in [6.45, 7) is 3.74. The number of anilines is 1. The first-order valence-electron chi connectivity index (χ1n) is 6.95. The molecule has 1 aliphatic rings. The molecule has 4 nitrogen and oxygen atoms in total. The molecule has 1 aliphatic heterocycles. The van der Waals surface area contributed by atoms with Crippen molar-refractivity contribution in [3.63, 3.8) is 0 Å². The predicted octanol–water partition coefficient (Wildman–Crippen LogP) is 2.40. The standard InChI is InChI=1S/C16H18N4/c17-13-16(15-7-4-8-18-15)20-11-9-19(10-12-20)14-5-2-1-3-6-14/h1-8,16,18H,9-12H2. The number of benzene rings is 1. The van der Waals surface area contributed by atoms with Crippen LogP contribution in [0.5, 0.6) is 0 Å². The molecule has 0 spiro atoms. The van der Waals surface area contributed by atoms with Crippen LogP contribution in [0.4, 0.5) is 5.69 Å². The largest absolute Gasteiger partial charge is 0.369 e. The van der Waals surface area contributed by atoms with Gasteiger partial charge in [0.25, 0.3) is 0 Å². The minimum Gasteiger partial charge on any atom is -0.369 e. The van der Waals surface area contributed by atoms with E-state index in [1.807, 2.05) is 24.4 Å². The van der Waals surface area contributed by atoms with Crippen LogP contribution in [0.15, 0.2) is 48.7 Å². The van der Waals surface area contributed by atoms with Crippen LogP contribution in [0.25, 0.3) is 0 Å². The van der Waals surface area contributed by atoms with Crippen LogP contribution in [-0.2, 0) is 0 Å². The minimum atomic E-state index is -0.164. The number of H-pyrrole nitrogens is 1. The molecule has 4 heteroatoms. The fraction of sp³-hybridized carbons (Fsp3) is 0.312. The summed E-state index contributed by atoms with van der Waals surface area (Å²) in [5, 5.41) is 9.41. The van der Waals surface area contributed by atoms with Crippen molar-refractivity contribution >= 4 is 5.69 Å².